The van der Waals surface area contributed by atoms with Crippen molar-refractivity contribution in [3.05, 3.63) is 0 Å². The Morgan fingerprint density at radius 1 is 1.54 bits per heavy atom. The van der Waals surface area contributed by atoms with Crippen molar-refractivity contribution in [3.63, 3.8) is 0 Å². The molecule has 0 aromatic carbocycles. The van der Waals surface area contributed by atoms with Gasteiger partial charge in [-0.15, -0.1) is 0 Å². The van der Waals surface area contributed by atoms with E-state index in [9.17, 15) is 5.11 Å². The van der Waals surface area contributed by atoms with Gasteiger partial charge in [-0.2, -0.15) is 0 Å². The van der Waals surface area contributed by atoms with Crippen LogP contribution in [0.3, 0.4) is 0 Å². The second-order valence-electron chi connectivity index (χ2n) is 4.84. The van der Waals surface area contributed by atoms with E-state index >= 15 is 0 Å². The Balaban J connectivity index is 2.30. The van der Waals surface area contributed by atoms with Crippen LogP contribution in [0.15, 0.2) is 0 Å². The van der Waals surface area contributed by atoms with Crippen LogP contribution < -0.4 is 5.32 Å². The molecule has 2 unspecified atom stereocenters. The third-order valence-corrected chi connectivity index (χ3v) is 2.51. The maximum absolute atomic E-state index is 9.84. The maximum atomic E-state index is 9.84. The molecule has 0 aliphatic carbocycles. The number of morpholine rings is 1. The van der Waals surface area contributed by atoms with Crippen LogP contribution in [-0.2, 0) is 4.74 Å². The molecule has 1 fully saturated rings. The Kier molecular flexibility index (Phi) is 3.71. The number of hydrogen-bond donors (Lipinski definition) is 2. The van der Waals surface area contributed by atoms with Gasteiger partial charge in [0.1, 0.15) is 0 Å². The third kappa shape index (κ3) is 3.63. The topological polar surface area (TPSA) is 41.5 Å². The van der Waals surface area contributed by atoms with E-state index in [4.69, 9.17) is 4.74 Å². The van der Waals surface area contributed by atoms with E-state index in [0.29, 0.717) is 6.04 Å². The molecule has 1 rings (SSSR count). The van der Waals surface area contributed by atoms with E-state index in [1.54, 1.807) is 0 Å². The zero-order valence-corrected chi connectivity index (χ0v) is 8.84. The molecule has 1 aliphatic rings. The van der Waals surface area contributed by atoms with E-state index in [2.05, 4.69) is 26.1 Å². The van der Waals surface area contributed by atoms with Crippen LogP contribution in [0.4, 0.5) is 0 Å². The van der Waals surface area contributed by atoms with Gasteiger partial charge < -0.3 is 15.2 Å². The van der Waals surface area contributed by atoms with Gasteiger partial charge in [-0.1, -0.05) is 20.8 Å². The Morgan fingerprint density at radius 2 is 2.23 bits per heavy atom. The van der Waals surface area contributed by atoms with Gasteiger partial charge in [0.15, 0.2) is 0 Å². The van der Waals surface area contributed by atoms with Crippen LogP contribution in [0.5, 0.6) is 0 Å². The highest BCUT2D eigenvalue weighted by atomic mass is 16.5. The highest BCUT2D eigenvalue weighted by Crippen LogP contribution is 2.22. The molecular formula is C10H21NO2. The van der Waals surface area contributed by atoms with Crippen LogP contribution in [0.1, 0.15) is 27.2 Å². The zero-order valence-electron chi connectivity index (χ0n) is 8.84. The summed E-state index contributed by atoms with van der Waals surface area (Å²) in [6, 6.07) is 0.322. The van der Waals surface area contributed by atoms with Crippen LogP contribution in [-0.4, -0.2) is 37.0 Å². The largest absolute Gasteiger partial charge is 0.393 e. The van der Waals surface area contributed by atoms with E-state index < -0.39 is 0 Å². The monoisotopic (exact) mass is 187 g/mol. The summed E-state index contributed by atoms with van der Waals surface area (Å²) in [5.74, 6) is 0. The molecule has 0 bridgehead atoms. The first kappa shape index (κ1) is 11.0. The highest BCUT2D eigenvalue weighted by molar-refractivity contribution is 4.80. The fourth-order valence-electron chi connectivity index (χ4n) is 1.39. The van der Waals surface area contributed by atoms with Crippen molar-refractivity contribution in [2.24, 2.45) is 5.41 Å². The van der Waals surface area contributed by atoms with E-state index in [1.165, 1.54) is 0 Å². The van der Waals surface area contributed by atoms with Crippen LogP contribution in [0, 0.1) is 5.41 Å². The summed E-state index contributed by atoms with van der Waals surface area (Å²) in [6.45, 7) is 8.60. The first-order valence-electron chi connectivity index (χ1n) is 4.99. The summed E-state index contributed by atoms with van der Waals surface area (Å²) >= 11 is 0. The second-order valence-corrected chi connectivity index (χ2v) is 4.84. The molecule has 0 aromatic heterocycles. The zero-order chi connectivity index (χ0) is 9.90. The molecular weight excluding hydrogens is 166 g/mol. The summed E-state index contributed by atoms with van der Waals surface area (Å²) in [5.41, 5.74) is -0.0286. The fourth-order valence-corrected chi connectivity index (χ4v) is 1.39. The summed E-state index contributed by atoms with van der Waals surface area (Å²) in [5, 5.41) is 13.2. The first-order chi connectivity index (χ1) is 6.00. The van der Waals surface area contributed by atoms with Crippen LogP contribution in [0.2, 0.25) is 0 Å². The minimum atomic E-state index is -0.258. The molecule has 13 heavy (non-hydrogen) atoms. The number of hydrogen-bond acceptors (Lipinski definition) is 3. The Labute approximate surface area is 80.5 Å². The predicted octanol–water partition coefficient (Wildman–Crippen LogP) is 0.772. The minimum absolute atomic E-state index is 0.0286. The van der Waals surface area contributed by atoms with Gasteiger partial charge in [-0.25, -0.2) is 0 Å². The van der Waals surface area contributed by atoms with Gasteiger partial charge in [-0.05, 0) is 11.8 Å². The fraction of sp³-hybridized carbons (Fsp3) is 1.00. The molecule has 1 aliphatic heterocycles. The molecule has 0 radical (unpaired) electrons. The molecule has 0 saturated carbocycles. The molecule has 1 saturated heterocycles. The normalized spacial score (nSPS) is 27.2. The van der Waals surface area contributed by atoms with Crippen molar-refractivity contribution >= 4 is 0 Å². The van der Waals surface area contributed by atoms with Crippen LogP contribution in [0.25, 0.3) is 0 Å². The summed E-state index contributed by atoms with van der Waals surface area (Å²) in [6.07, 6.45) is 0.524. The van der Waals surface area contributed by atoms with E-state index in [-0.39, 0.29) is 11.5 Å². The Bertz CT molecular complexity index is 147. The summed E-state index contributed by atoms with van der Waals surface area (Å²) in [4.78, 5) is 0. The smallest absolute Gasteiger partial charge is 0.0621 e. The lowest BCUT2D eigenvalue weighted by molar-refractivity contribution is 0.0140. The average molecular weight is 187 g/mol. The average Bonchev–Trinajstić information content (AvgIpc) is 2.04. The van der Waals surface area contributed by atoms with Crippen molar-refractivity contribution in [1.82, 2.24) is 5.32 Å². The van der Waals surface area contributed by atoms with Crippen molar-refractivity contribution in [2.75, 3.05) is 19.8 Å². The lowest BCUT2D eigenvalue weighted by Crippen LogP contribution is -2.45. The second kappa shape index (κ2) is 4.40. The van der Waals surface area contributed by atoms with Crippen LogP contribution >= 0.6 is 0 Å². The number of nitrogens with one attached hydrogen (secondary N) is 1. The maximum Gasteiger partial charge on any atom is 0.0621 e. The van der Waals surface area contributed by atoms with E-state index in [1.807, 2.05) is 0 Å². The van der Waals surface area contributed by atoms with Crippen molar-refractivity contribution in [3.8, 4) is 0 Å². The minimum Gasteiger partial charge on any atom is -0.393 e. The molecule has 0 spiro atoms. The van der Waals surface area contributed by atoms with Crippen molar-refractivity contribution in [1.29, 1.82) is 0 Å². The lowest BCUT2D eigenvalue weighted by atomic mass is 9.85. The summed E-state index contributed by atoms with van der Waals surface area (Å²) < 4.78 is 5.32. The molecule has 78 valence electrons. The number of aliphatic hydroxyl groups excluding tert-OH is 1. The standard InChI is InChI=1S/C10H21NO2/c1-10(2,3)9(12)6-8-7-13-5-4-11-8/h8-9,11-12H,4-7H2,1-3H3. The summed E-state index contributed by atoms with van der Waals surface area (Å²) in [7, 11) is 0. The van der Waals surface area contributed by atoms with Gasteiger partial charge in [0.2, 0.25) is 0 Å². The molecule has 3 heteroatoms. The highest BCUT2D eigenvalue weighted by Gasteiger charge is 2.26. The number of aliphatic hydroxyl groups is 1. The SMILES string of the molecule is CC(C)(C)C(O)CC1COCCN1. The van der Waals surface area contributed by atoms with Gasteiger partial charge in [0.05, 0.1) is 19.3 Å². The van der Waals surface area contributed by atoms with E-state index in [0.717, 1.165) is 26.2 Å². The molecule has 0 amide bonds. The molecule has 0 aromatic rings. The van der Waals surface area contributed by atoms with Gasteiger partial charge in [0.25, 0.3) is 0 Å². The molecule has 1 heterocycles. The molecule has 2 N–H and O–H groups in total. The lowest BCUT2D eigenvalue weighted by Gasteiger charge is -2.31. The Hall–Kier alpha value is -0.120. The van der Waals surface area contributed by atoms with Gasteiger partial charge in [0, 0.05) is 12.6 Å². The van der Waals surface area contributed by atoms with Crippen molar-refractivity contribution < 1.29 is 9.84 Å². The van der Waals surface area contributed by atoms with Gasteiger partial charge >= 0.3 is 0 Å². The van der Waals surface area contributed by atoms with Gasteiger partial charge in [-0.3, -0.25) is 0 Å². The molecule has 2 atom stereocenters. The number of rotatable bonds is 2. The van der Waals surface area contributed by atoms with Crippen molar-refractivity contribution in [2.45, 2.75) is 39.3 Å². The Morgan fingerprint density at radius 3 is 2.69 bits per heavy atom. The quantitative estimate of drug-likeness (QED) is 0.671. The molecule has 3 nitrogen and oxygen atoms in total. The first-order valence-corrected chi connectivity index (χ1v) is 4.99. The number of ether oxygens (including phenoxy) is 1. The predicted molar refractivity (Wildman–Crippen MR) is 52.7 cm³/mol. The third-order valence-electron chi connectivity index (χ3n) is 2.51.